The highest BCUT2D eigenvalue weighted by molar-refractivity contribution is 6.36. The van der Waals surface area contributed by atoms with Crippen molar-refractivity contribution in [2.24, 2.45) is 0 Å². The molecule has 2 aromatic rings. The first-order chi connectivity index (χ1) is 9.50. The van der Waals surface area contributed by atoms with E-state index in [-0.39, 0.29) is 17.9 Å². The van der Waals surface area contributed by atoms with Crippen LogP contribution < -0.4 is 5.32 Å². The number of halogens is 3. The molecule has 0 unspecified atom stereocenters. The van der Waals surface area contributed by atoms with Crippen LogP contribution in [0.1, 0.15) is 5.56 Å². The first kappa shape index (κ1) is 14.6. The van der Waals surface area contributed by atoms with E-state index in [0.717, 1.165) is 6.07 Å². The lowest BCUT2D eigenvalue weighted by molar-refractivity contribution is -0.384. The molecule has 0 heterocycles. The maximum absolute atomic E-state index is 13.7. The van der Waals surface area contributed by atoms with Crippen LogP contribution >= 0.6 is 23.2 Å². The third-order valence-electron chi connectivity index (χ3n) is 2.69. The van der Waals surface area contributed by atoms with Gasteiger partial charge in [0.15, 0.2) is 5.82 Å². The topological polar surface area (TPSA) is 55.2 Å². The Balaban J connectivity index is 2.30. The normalized spacial score (nSPS) is 10.3. The van der Waals surface area contributed by atoms with E-state index >= 15 is 0 Å². The zero-order chi connectivity index (χ0) is 14.7. The lowest BCUT2D eigenvalue weighted by atomic mass is 10.2. The van der Waals surface area contributed by atoms with Crippen molar-refractivity contribution in [1.29, 1.82) is 0 Å². The molecule has 7 heteroatoms. The second-order valence-corrected chi connectivity index (χ2v) is 4.76. The van der Waals surface area contributed by atoms with Crippen LogP contribution in [-0.2, 0) is 6.54 Å². The molecule has 0 aliphatic heterocycles. The number of nitro benzene ring substituents is 1. The molecule has 0 amide bonds. The summed E-state index contributed by atoms with van der Waals surface area (Å²) in [5.74, 6) is -0.706. The van der Waals surface area contributed by atoms with Gasteiger partial charge in [-0.05, 0) is 18.2 Å². The highest BCUT2D eigenvalue weighted by atomic mass is 35.5. The lowest BCUT2D eigenvalue weighted by Crippen LogP contribution is -2.05. The SMILES string of the molecule is O=[N+]([O-])c1cccc(F)c1NCc1c(Cl)cccc1Cl. The van der Waals surface area contributed by atoms with E-state index in [2.05, 4.69) is 5.32 Å². The predicted molar refractivity (Wildman–Crippen MR) is 76.8 cm³/mol. The van der Waals surface area contributed by atoms with E-state index in [4.69, 9.17) is 23.2 Å². The van der Waals surface area contributed by atoms with Gasteiger partial charge in [0, 0.05) is 28.2 Å². The van der Waals surface area contributed by atoms with Crippen molar-refractivity contribution in [3.05, 3.63) is 67.9 Å². The summed E-state index contributed by atoms with van der Waals surface area (Å²) in [7, 11) is 0. The van der Waals surface area contributed by atoms with Gasteiger partial charge in [0.2, 0.25) is 0 Å². The number of anilines is 1. The molecular weight excluding hydrogens is 306 g/mol. The monoisotopic (exact) mass is 314 g/mol. The smallest absolute Gasteiger partial charge is 0.295 e. The first-order valence-electron chi connectivity index (χ1n) is 5.60. The molecule has 20 heavy (non-hydrogen) atoms. The van der Waals surface area contributed by atoms with Crippen molar-refractivity contribution in [3.8, 4) is 0 Å². The van der Waals surface area contributed by atoms with Crippen molar-refractivity contribution >= 4 is 34.6 Å². The van der Waals surface area contributed by atoms with Crippen molar-refractivity contribution in [2.75, 3.05) is 5.32 Å². The Kier molecular flexibility index (Phi) is 4.42. The van der Waals surface area contributed by atoms with Gasteiger partial charge >= 0.3 is 0 Å². The second-order valence-electron chi connectivity index (χ2n) is 3.94. The van der Waals surface area contributed by atoms with Crippen molar-refractivity contribution in [2.45, 2.75) is 6.54 Å². The maximum Gasteiger partial charge on any atom is 0.295 e. The molecule has 0 atom stereocenters. The molecule has 0 aliphatic rings. The fraction of sp³-hybridized carbons (Fsp3) is 0.0769. The highest BCUT2D eigenvalue weighted by Gasteiger charge is 2.18. The molecule has 0 saturated heterocycles. The molecule has 0 saturated carbocycles. The van der Waals surface area contributed by atoms with E-state index in [1.54, 1.807) is 18.2 Å². The number of para-hydroxylation sites is 1. The van der Waals surface area contributed by atoms with Crippen LogP contribution in [0, 0.1) is 15.9 Å². The van der Waals surface area contributed by atoms with Crippen molar-refractivity contribution in [1.82, 2.24) is 0 Å². The summed E-state index contributed by atoms with van der Waals surface area (Å²) in [6.45, 7) is 0.0836. The number of hydrogen-bond donors (Lipinski definition) is 1. The zero-order valence-electron chi connectivity index (χ0n) is 10.1. The highest BCUT2D eigenvalue weighted by Crippen LogP contribution is 2.30. The zero-order valence-corrected chi connectivity index (χ0v) is 11.6. The number of nitro groups is 1. The van der Waals surface area contributed by atoms with E-state index in [1.165, 1.54) is 12.1 Å². The largest absolute Gasteiger partial charge is 0.373 e. The molecule has 0 aromatic heterocycles. The predicted octanol–water partition coefficient (Wildman–Crippen LogP) is 4.65. The van der Waals surface area contributed by atoms with Crippen LogP contribution in [0.5, 0.6) is 0 Å². The Labute approximate surface area is 124 Å². The molecule has 2 rings (SSSR count). The standard InChI is InChI=1S/C13H9Cl2FN2O2/c14-9-3-1-4-10(15)8(9)7-17-13-11(16)5-2-6-12(13)18(19)20/h1-6,17H,7H2. The van der Waals surface area contributed by atoms with Crippen molar-refractivity contribution in [3.63, 3.8) is 0 Å². The van der Waals surface area contributed by atoms with Crippen LogP contribution in [0.15, 0.2) is 36.4 Å². The number of nitrogens with one attached hydrogen (secondary N) is 1. The molecule has 1 N–H and O–H groups in total. The van der Waals surface area contributed by atoms with Gasteiger partial charge in [-0.15, -0.1) is 0 Å². The average molecular weight is 315 g/mol. The fourth-order valence-corrected chi connectivity index (χ4v) is 2.25. The van der Waals surface area contributed by atoms with Crippen LogP contribution in [0.3, 0.4) is 0 Å². The minimum atomic E-state index is -0.706. The van der Waals surface area contributed by atoms with Gasteiger partial charge < -0.3 is 5.32 Å². The van der Waals surface area contributed by atoms with Gasteiger partial charge in [0.05, 0.1) is 4.92 Å². The minimum Gasteiger partial charge on any atom is -0.373 e. The van der Waals surface area contributed by atoms with Gasteiger partial charge in [0.1, 0.15) is 5.69 Å². The third-order valence-corrected chi connectivity index (χ3v) is 3.40. The van der Waals surface area contributed by atoms with E-state index in [0.29, 0.717) is 15.6 Å². The summed E-state index contributed by atoms with van der Waals surface area (Å²) in [4.78, 5) is 10.2. The quantitative estimate of drug-likeness (QED) is 0.660. The summed E-state index contributed by atoms with van der Waals surface area (Å²) in [5, 5.41) is 14.4. The van der Waals surface area contributed by atoms with E-state index in [1.807, 2.05) is 0 Å². The van der Waals surface area contributed by atoms with Crippen LogP contribution in [0.4, 0.5) is 15.8 Å². The number of hydrogen-bond acceptors (Lipinski definition) is 3. The average Bonchev–Trinajstić information content (AvgIpc) is 2.39. The minimum absolute atomic E-state index is 0.0836. The fourth-order valence-electron chi connectivity index (χ4n) is 1.72. The van der Waals surface area contributed by atoms with E-state index < -0.39 is 10.7 Å². The Morgan fingerprint density at radius 3 is 2.35 bits per heavy atom. The summed E-state index contributed by atoms with van der Waals surface area (Å²) < 4.78 is 13.7. The molecular formula is C13H9Cl2FN2O2. The van der Waals surface area contributed by atoms with Crippen molar-refractivity contribution < 1.29 is 9.31 Å². The molecule has 0 radical (unpaired) electrons. The summed E-state index contributed by atoms with van der Waals surface area (Å²) in [6, 6.07) is 8.60. The Bertz CT molecular complexity index is 645. The van der Waals surface area contributed by atoms with Crippen LogP contribution in [0.25, 0.3) is 0 Å². The summed E-state index contributed by atoms with van der Waals surface area (Å²) in [6.07, 6.45) is 0. The molecule has 4 nitrogen and oxygen atoms in total. The molecule has 104 valence electrons. The Morgan fingerprint density at radius 1 is 1.15 bits per heavy atom. The summed E-state index contributed by atoms with van der Waals surface area (Å²) in [5.41, 5.74) is 0.0232. The second kappa shape index (κ2) is 6.07. The number of benzene rings is 2. The molecule has 0 bridgehead atoms. The van der Waals surface area contributed by atoms with Gasteiger partial charge in [0.25, 0.3) is 5.69 Å². The van der Waals surface area contributed by atoms with Crippen LogP contribution in [0.2, 0.25) is 10.0 Å². The van der Waals surface area contributed by atoms with Gasteiger partial charge in [-0.1, -0.05) is 35.3 Å². The third kappa shape index (κ3) is 3.00. The molecule has 2 aromatic carbocycles. The Morgan fingerprint density at radius 2 is 1.75 bits per heavy atom. The van der Waals surface area contributed by atoms with Gasteiger partial charge in [-0.25, -0.2) is 4.39 Å². The lowest BCUT2D eigenvalue weighted by Gasteiger charge is -2.10. The molecule has 0 aliphatic carbocycles. The maximum atomic E-state index is 13.7. The molecule has 0 fully saturated rings. The first-order valence-corrected chi connectivity index (χ1v) is 6.36. The van der Waals surface area contributed by atoms with E-state index in [9.17, 15) is 14.5 Å². The van der Waals surface area contributed by atoms with Gasteiger partial charge in [-0.3, -0.25) is 10.1 Å². The van der Waals surface area contributed by atoms with Crippen LogP contribution in [-0.4, -0.2) is 4.92 Å². The number of nitrogens with zero attached hydrogens (tertiary/aromatic N) is 1. The van der Waals surface area contributed by atoms with Gasteiger partial charge in [-0.2, -0.15) is 0 Å². The number of rotatable bonds is 4. The summed E-state index contributed by atoms with van der Waals surface area (Å²) >= 11 is 12.0. The Hall–Kier alpha value is -1.85. The molecule has 0 spiro atoms.